The van der Waals surface area contributed by atoms with Gasteiger partial charge in [-0.05, 0) is 36.3 Å². The molecule has 2 atom stereocenters. The number of carbonyl (C=O) groups excluding carboxylic acids is 1. The number of amides is 1. The van der Waals surface area contributed by atoms with Crippen LogP contribution in [-0.2, 0) is 0 Å². The van der Waals surface area contributed by atoms with E-state index in [1.807, 2.05) is 30.3 Å². The average molecular weight is 503 g/mol. The minimum atomic E-state index is -2.65. The van der Waals surface area contributed by atoms with Crippen LogP contribution in [0.4, 0.5) is 20.3 Å². The van der Waals surface area contributed by atoms with Crippen molar-refractivity contribution < 1.29 is 23.0 Å². The fraction of sp³-hybridized carbons (Fsp3) is 0.261. The minimum absolute atomic E-state index is 0.0865. The minimum Gasteiger partial charge on any atom is -0.497 e. The van der Waals surface area contributed by atoms with Crippen molar-refractivity contribution in [3.63, 3.8) is 0 Å². The van der Waals surface area contributed by atoms with Gasteiger partial charge in [0.25, 0.3) is 12.3 Å². The van der Waals surface area contributed by atoms with Crippen molar-refractivity contribution in [3.8, 4) is 11.5 Å². The molecule has 1 aliphatic rings. The Morgan fingerprint density at radius 3 is 2.63 bits per heavy atom. The van der Waals surface area contributed by atoms with Gasteiger partial charge in [0.05, 0.1) is 32.1 Å². The second kappa shape index (κ2) is 10.6. The number of fused-ring (bicyclic) bond motifs is 1. The fourth-order valence-corrected chi connectivity index (χ4v) is 4.00. The predicted octanol–water partition coefficient (Wildman–Crippen LogP) is 3.89. The van der Waals surface area contributed by atoms with E-state index in [0.717, 1.165) is 10.2 Å². The van der Waals surface area contributed by atoms with E-state index in [0.29, 0.717) is 17.2 Å². The molecule has 9 nitrogen and oxygen atoms in total. The van der Waals surface area contributed by atoms with E-state index in [1.165, 1.54) is 13.3 Å². The van der Waals surface area contributed by atoms with E-state index in [-0.39, 0.29) is 22.9 Å². The summed E-state index contributed by atoms with van der Waals surface area (Å²) in [4.78, 5) is 12.9. The van der Waals surface area contributed by atoms with Crippen LogP contribution in [0.3, 0.4) is 0 Å². The number of anilines is 2. The first-order valence-corrected chi connectivity index (χ1v) is 11.1. The van der Waals surface area contributed by atoms with Gasteiger partial charge in [0.15, 0.2) is 5.11 Å². The number of benzene rings is 2. The van der Waals surface area contributed by atoms with Gasteiger partial charge in [-0.15, -0.1) is 0 Å². The second-order valence-electron chi connectivity index (χ2n) is 7.70. The topological polar surface area (TPSA) is 101 Å². The van der Waals surface area contributed by atoms with Gasteiger partial charge in [-0.1, -0.05) is 30.3 Å². The van der Waals surface area contributed by atoms with E-state index >= 15 is 0 Å². The number of carbonyl (C=O) groups is 1. The lowest BCUT2D eigenvalue weighted by molar-refractivity contribution is 0.0656. The zero-order chi connectivity index (χ0) is 24.9. The zero-order valence-electron chi connectivity index (χ0n) is 18.9. The van der Waals surface area contributed by atoms with E-state index in [1.54, 1.807) is 25.3 Å². The third-order valence-electron chi connectivity index (χ3n) is 5.58. The molecular formula is C23H24F2N6O3S. The third kappa shape index (κ3) is 5.27. The highest BCUT2D eigenvalue weighted by atomic mass is 32.1. The molecule has 4 N–H and O–H groups in total. The van der Waals surface area contributed by atoms with Crippen LogP contribution < -0.4 is 31.0 Å². The highest BCUT2D eigenvalue weighted by Crippen LogP contribution is 2.39. The Kier molecular flexibility index (Phi) is 7.30. The van der Waals surface area contributed by atoms with Gasteiger partial charge in [-0.3, -0.25) is 15.6 Å². The highest BCUT2D eigenvalue weighted by molar-refractivity contribution is 7.80. The molecule has 35 heavy (non-hydrogen) atoms. The molecule has 0 unspecified atom stereocenters. The number of methoxy groups -OCH3 is 2. The molecule has 1 aromatic heterocycles. The molecular weight excluding hydrogens is 478 g/mol. The molecule has 0 saturated heterocycles. The number of hydrogen-bond donors (Lipinski definition) is 4. The molecule has 2 aromatic carbocycles. The number of rotatable bonds is 6. The van der Waals surface area contributed by atoms with Crippen molar-refractivity contribution in [2.24, 2.45) is 0 Å². The van der Waals surface area contributed by atoms with Gasteiger partial charge < -0.3 is 20.1 Å². The number of alkyl halides is 2. The molecule has 0 radical (unpaired) electrons. The predicted molar refractivity (Wildman–Crippen MR) is 131 cm³/mol. The molecule has 2 heterocycles. The number of halogens is 2. The molecule has 184 valence electrons. The van der Waals surface area contributed by atoms with E-state index in [2.05, 4.69) is 26.6 Å². The quantitative estimate of drug-likeness (QED) is 0.298. The fourth-order valence-electron chi connectivity index (χ4n) is 3.84. The normalized spacial score (nSPS) is 16.6. The number of hydrogen-bond acceptors (Lipinski definition) is 6. The van der Waals surface area contributed by atoms with Crippen molar-refractivity contribution >= 4 is 34.7 Å². The maximum atomic E-state index is 13.8. The Bertz CT molecular complexity index is 1210. The number of thiocarbonyl (C=S) groups is 1. The van der Waals surface area contributed by atoms with Crippen molar-refractivity contribution in [1.29, 1.82) is 0 Å². The number of nitrogens with zero attached hydrogens (tertiary/aromatic N) is 2. The van der Waals surface area contributed by atoms with Gasteiger partial charge in [0.1, 0.15) is 28.9 Å². The lowest BCUT2D eigenvalue weighted by Crippen LogP contribution is -2.44. The Morgan fingerprint density at radius 1 is 1.17 bits per heavy atom. The molecule has 0 saturated carbocycles. The first-order valence-electron chi connectivity index (χ1n) is 10.7. The summed E-state index contributed by atoms with van der Waals surface area (Å²) in [5.41, 5.74) is 6.58. The van der Waals surface area contributed by atoms with Gasteiger partial charge in [0.2, 0.25) is 0 Å². The lowest BCUT2D eigenvalue weighted by Gasteiger charge is -2.32. The SMILES string of the molecule is COc1ccc(NC(=S)NNC(=O)c2cnn3c2N[C@@H](c2ccccc2)C[C@H]3C(F)F)c(OC)c1. The summed E-state index contributed by atoms with van der Waals surface area (Å²) in [5.74, 6) is 0.713. The van der Waals surface area contributed by atoms with Crippen LogP contribution in [0.15, 0.2) is 54.7 Å². The van der Waals surface area contributed by atoms with Gasteiger partial charge >= 0.3 is 0 Å². The summed E-state index contributed by atoms with van der Waals surface area (Å²) in [7, 11) is 3.04. The van der Waals surface area contributed by atoms with Crippen LogP contribution >= 0.6 is 12.2 Å². The van der Waals surface area contributed by atoms with Crippen LogP contribution in [0.5, 0.6) is 11.5 Å². The Hall–Kier alpha value is -3.93. The van der Waals surface area contributed by atoms with Crippen molar-refractivity contribution in [2.75, 3.05) is 24.9 Å². The van der Waals surface area contributed by atoms with Crippen molar-refractivity contribution in [2.45, 2.75) is 24.9 Å². The van der Waals surface area contributed by atoms with Gasteiger partial charge in [-0.2, -0.15) is 5.10 Å². The number of hydrazine groups is 1. The van der Waals surface area contributed by atoms with E-state index in [9.17, 15) is 13.6 Å². The zero-order valence-corrected chi connectivity index (χ0v) is 19.7. The lowest BCUT2D eigenvalue weighted by atomic mass is 9.97. The first-order chi connectivity index (χ1) is 16.9. The van der Waals surface area contributed by atoms with Crippen LogP contribution in [0, 0.1) is 0 Å². The summed E-state index contributed by atoms with van der Waals surface area (Å²) in [6.07, 6.45) is -1.26. The molecule has 4 rings (SSSR count). The maximum absolute atomic E-state index is 13.8. The second-order valence-corrected chi connectivity index (χ2v) is 8.10. The van der Waals surface area contributed by atoms with E-state index < -0.39 is 24.4 Å². The standard InChI is InChI=1S/C23H24F2N6O3S/c1-33-14-8-9-16(19(10-14)34-2)28-23(35)30-29-22(32)15-12-26-31-18(20(24)25)11-17(27-21(15)31)13-6-4-3-5-7-13/h3-10,12,17-18,20,27H,11H2,1-2H3,(H,29,32)(H2,28,30,35)/t17-,18+/m1/s1. The summed E-state index contributed by atoms with van der Waals surface area (Å²) in [5, 5.41) is 10.2. The Balaban J connectivity index is 1.46. The van der Waals surface area contributed by atoms with Gasteiger partial charge in [0, 0.05) is 6.07 Å². The van der Waals surface area contributed by atoms with Crippen LogP contribution in [0.2, 0.25) is 0 Å². The largest absolute Gasteiger partial charge is 0.497 e. The maximum Gasteiger partial charge on any atom is 0.275 e. The summed E-state index contributed by atoms with van der Waals surface area (Å²) >= 11 is 5.25. The molecule has 1 amide bonds. The van der Waals surface area contributed by atoms with Crippen molar-refractivity contribution in [3.05, 3.63) is 65.9 Å². The summed E-state index contributed by atoms with van der Waals surface area (Å²) in [6, 6.07) is 12.8. The molecule has 3 aromatic rings. The summed E-state index contributed by atoms with van der Waals surface area (Å²) in [6.45, 7) is 0. The van der Waals surface area contributed by atoms with Crippen LogP contribution in [0.1, 0.15) is 34.4 Å². The highest BCUT2D eigenvalue weighted by Gasteiger charge is 2.36. The number of nitrogens with one attached hydrogen (secondary N) is 4. The van der Waals surface area contributed by atoms with Crippen LogP contribution in [0.25, 0.3) is 0 Å². The molecule has 0 bridgehead atoms. The van der Waals surface area contributed by atoms with E-state index in [4.69, 9.17) is 21.7 Å². The molecule has 0 fully saturated rings. The molecule has 1 aliphatic heterocycles. The molecule has 0 spiro atoms. The summed E-state index contributed by atoms with van der Waals surface area (Å²) < 4.78 is 39.3. The smallest absolute Gasteiger partial charge is 0.275 e. The van der Waals surface area contributed by atoms with Gasteiger partial charge in [-0.25, -0.2) is 13.5 Å². The Morgan fingerprint density at radius 2 is 1.94 bits per heavy atom. The first kappa shape index (κ1) is 24.2. The monoisotopic (exact) mass is 502 g/mol. The third-order valence-corrected chi connectivity index (χ3v) is 5.79. The number of ether oxygens (including phenoxy) is 2. The Labute approximate surface area is 205 Å². The molecule has 12 heteroatoms. The molecule has 0 aliphatic carbocycles. The number of aromatic nitrogens is 2. The van der Waals surface area contributed by atoms with Crippen molar-refractivity contribution in [1.82, 2.24) is 20.6 Å². The van der Waals surface area contributed by atoms with Crippen LogP contribution in [-0.4, -0.2) is 41.4 Å². The average Bonchev–Trinajstić information content (AvgIpc) is 3.31.